The first-order valence-corrected chi connectivity index (χ1v) is 10.9. The Kier molecular flexibility index (Phi) is 5.78. The van der Waals surface area contributed by atoms with Gasteiger partial charge < -0.3 is 19.4 Å². The van der Waals surface area contributed by atoms with E-state index in [1.807, 2.05) is 26.2 Å². The standard InChI is InChI=1S/C24H33N3O3/c1-6-15-13-27-11-10-16-22-19(8-7-9-21(22)30-5)25-23(16)20(27)12-17(15)18(14-29-4)24(28)26(2)3/h7-9,14-15,17,20,25H,6,10-13H2,1-5H3/b18-14+/t15-,17-,20-/m0/s1. The number of amides is 1. The van der Waals surface area contributed by atoms with Gasteiger partial charge in [-0.3, -0.25) is 9.69 Å². The predicted molar refractivity (Wildman–Crippen MR) is 119 cm³/mol. The molecule has 1 aromatic heterocycles. The van der Waals surface area contributed by atoms with E-state index in [0.29, 0.717) is 5.92 Å². The lowest BCUT2D eigenvalue weighted by Gasteiger charge is -2.46. The molecule has 4 rings (SSSR count). The highest BCUT2D eigenvalue weighted by Crippen LogP contribution is 2.47. The van der Waals surface area contributed by atoms with Gasteiger partial charge >= 0.3 is 0 Å². The van der Waals surface area contributed by atoms with Gasteiger partial charge in [0.1, 0.15) is 5.75 Å². The van der Waals surface area contributed by atoms with E-state index >= 15 is 0 Å². The van der Waals surface area contributed by atoms with Crippen LogP contribution in [0.5, 0.6) is 5.75 Å². The number of benzene rings is 1. The summed E-state index contributed by atoms with van der Waals surface area (Å²) < 4.78 is 11.0. The first-order valence-electron chi connectivity index (χ1n) is 10.9. The van der Waals surface area contributed by atoms with Crippen molar-refractivity contribution < 1.29 is 14.3 Å². The lowest BCUT2D eigenvalue weighted by Crippen LogP contribution is -2.47. The second kappa shape index (κ2) is 8.34. The van der Waals surface area contributed by atoms with Gasteiger partial charge in [0.05, 0.1) is 32.1 Å². The fourth-order valence-corrected chi connectivity index (χ4v) is 5.43. The van der Waals surface area contributed by atoms with Gasteiger partial charge in [-0.1, -0.05) is 19.4 Å². The zero-order valence-corrected chi connectivity index (χ0v) is 18.7. The highest BCUT2D eigenvalue weighted by atomic mass is 16.5. The predicted octanol–water partition coefficient (Wildman–Crippen LogP) is 3.74. The van der Waals surface area contributed by atoms with Crippen molar-refractivity contribution in [1.82, 2.24) is 14.8 Å². The Morgan fingerprint density at radius 2 is 2.13 bits per heavy atom. The van der Waals surface area contributed by atoms with Crippen LogP contribution in [0.25, 0.3) is 10.9 Å². The number of carbonyl (C=O) groups excluding carboxylic acids is 1. The maximum absolute atomic E-state index is 13.0. The molecule has 3 atom stereocenters. The molecule has 0 radical (unpaired) electrons. The molecule has 1 N–H and O–H groups in total. The Morgan fingerprint density at radius 3 is 2.80 bits per heavy atom. The number of hydrogen-bond donors (Lipinski definition) is 1. The number of fused-ring (bicyclic) bond motifs is 5. The molecular formula is C24H33N3O3. The van der Waals surface area contributed by atoms with Crippen molar-refractivity contribution in [2.45, 2.75) is 32.2 Å². The molecule has 0 saturated carbocycles. The average Bonchev–Trinajstić information content (AvgIpc) is 3.15. The zero-order chi connectivity index (χ0) is 21.4. The molecule has 0 unspecified atom stereocenters. The summed E-state index contributed by atoms with van der Waals surface area (Å²) in [6.45, 7) is 4.27. The first-order chi connectivity index (χ1) is 14.5. The van der Waals surface area contributed by atoms with Crippen molar-refractivity contribution in [1.29, 1.82) is 0 Å². The number of piperidine rings is 1. The molecule has 0 spiro atoms. The second-order valence-corrected chi connectivity index (χ2v) is 8.68. The van der Waals surface area contributed by atoms with Gasteiger partial charge in [-0.2, -0.15) is 0 Å². The number of likely N-dealkylation sites (N-methyl/N-ethyl adjacent to an activating group) is 1. The number of H-pyrrole nitrogens is 1. The smallest absolute Gasteiger partial charge is 0.252 e. The van der Waals surface area contributed by atoms with Crippen LogP contribution in [0.3, 0.4) is 0 Å². The summed E-state index contributed by atoms with van der Waals surface area (Å²) in [4.78, 5) is 20.9. The van der Waals surface area contributed by atoms with E-state index < -0.39 is 0 Å². The molecule has 2 aliphatic rings. The van der Waals surface area contributed by atoms with Crippen LogP contribution in [-0.4, -0.2) is 62.1 Å². The molecule has 6 nitrogen and oxygen atoms in total. The Morgan fingerprint density at radius 1 is 1.33 bits per heavy atom. The largest absolute Gasteiger partial charge is 0.504 e. The minimum absolute atomic E-state index is 0.0445. The van der Waals surface area contributed by atoms with Crippen molar-refractivity contribution in [3.05, 3.63) is 41.3 Å². The van der Waals surface area contributed by atoms with Crippen molar-refractivity contribution >= 4 is 16.8 Å². The molecule has 3 heterocycles. The molecule has 2 aliphatic heterocycles. The average molecular weight is 412 g/mol. The molecule has 0 aliphatic carbocycles. The number of ether oxygens (including phenoxy) is 2. The number of aromatic nitrogens is 1. The molecule has 30 heavy (non-hydrogen) atoms. The normalized spacial score (nSPS) is 24.3. The Labute approximate surface area is 178 Å². The summed E-state index contributed by atoms with van der Waals surface area (Å²) in [5.41, 5.74) is 4.57. The monoisotopic (exact) mass is 411 g/mol. The summed E-state index contributed by atoms with van der Waals surface area (Å²) in [6, 6.07) is 6.47. The Bertz CT molecular complexity index is 962. The van der Waals surface area contributed by atoms with Crippen LogP contribution in [0.4, 0.5) is 0 Å². The molecular weight excluding hydrogens is 378 g/mol. The lowest BCUT2D eigenvalue weighted by molar-refractivity contribution is -0.126. The first kappa shape index (κ1) is 20.8. The second-order valence-electron chi connectivity index (χ2n) is 8.68. The van der Waals surface area contributed by atoms with Crippen molar-refractivity contribution in [3.8, 4) is 5.75 Å². The molecule has 0 bridgehead atoms. The van der Waals surface area contributed by atoms with Gasteiger partial charge in [-0.15, -0.1) is 0 Å². The number of nitrogens with one attached hydrogen (secondary N) is 1. The maximum atomic E-state index is 13.0. The maximum Gasteiger partial charge on any atom is 0.252 e. The van der Waals surface area contributed by atoms with E-state index in [2.05, 4.69) is 22.9 Å². The number of methoxy groups -OCH3 is 2. The fraction of sp³-hybridized carbons (Fsp3) is 0.542. The fourth-order valence-electron chi connectivity index (χ4n) is 5.43. The van der Waals surface area contributed by atoms with Crippen molar-refractivity contribution in [2.75, 3.05) is 41.4 Å². The summed E-state index contributed by atoms with van der Waals surface area (Å²) >= 11 is 0. The van der Waals surface area contributed by atoms with Gasteiger partial charge in [0, 0.05) is 43.8 Å². The minimum Gasteiger partial charge on any atom is -0.504 e. The van der Waals surface area contributed by atoms with Gasteiger partial charge in [0.15, 0.2) is 0 Å². The number of nitrogens with zero attached hydrogens (tertiary/aromatic N) is 2. The van der Waals surface area contributed by atoms with Crippen LogP contribution in [0.2, 0.25) is 0 Å². The number of carbonyl (C=O) groups is 1. The summed E-state index contributed by atoms with van der Waals surface area (Å²) in [6.07, 6.45) is 4.65. The Balaban J connectivity index is 1.76. The van der Waals surface area contributed by atoms with E-state index in [0.717, 1.165) is 49.2 Å². The van der Waals surface area contributed by atoms with Crippen molar-refractivity contribution in [3.63, 3.8) is 0 Å². The quantitative estimate of drug-likeness (QED) is 0.602. The van der Waals surface area contributed by atoms with E-state index in [9.17, 15) is 4.79 Å². The molecule has 1 fully saturated rings. The third kappa shape index (κ3) is 3.37. The van der Waals surface area contributed by atoms with Gasteiger partial charge in [0.25, 0.3) is 5.91 Å². The molecule has 2 aromatic rings. The number of aromatic amines is 1. The van der Waals surface area contributed by atoms with E-state index in [-0.39, 0.29) is 17.9 Å². The summed E-state index contributed by atoms with van der Waals surface area (Å²) in [5, 5.41) is 1.21. The number of hydrogen-bond acceptors (Lipinski definition) is 4. The lowest BCUT2D eigenvalue weighted by atomic mass is 9.73. The molecule has 1 amide bonds. The van der Waals surface area contributed by atoms with Crippen LogP contribution in [0.15, 0.2) is 30.0 Å². The van der Waals surface area contributed by atoms with Gasteiger partial charge in [-0.05, 0) is 42.4 Å². The third-order valence-corrected chi connectivity index (χ3v) is 6.90. The zero-order valence-electron chi connectivity index (χ0n) is 18.7. The highest BCUT2D eigenvalue weighted by Gasteiger charge is 2.42. The molecule has 1 aromatic carbocycles. The molecule has 162 valence electrons. The van der Waals surface area contributed by atoms with Crippen LogP contribution in [0.1, 0.15) is 37.1 Å². The number of rotatable bonds is 5. The highest BCUT2D eigenvalue weighted by molar-refractivity contribution is 5.93. The van der Waals surface area contributed by atoms with E-state index in [1.165, 1.54) is 16.6 Å². The van der Waals surface area contributed by atoms with Gasteiger partial charge in [0.2, 0.25) is 0 Å². The summed E-state index contributed by atoms with van der Waals surface area (Å²) in [7, 11) is 6.98. The molecule has 1 saturated heterocycles. The topological polar surface area (TPSA) is 57.8 Å². The molecule has 6 heteroatoms. The SMILES string of the molecule is CC[C@H]1CN2CCc3c([nH]c4cccc(OC)c34)[C@@H]2C[C@@H]1/C(=C\OC)C(=O)N(C)C. The summed E-state index contributed by atoms with van der Waals surface area (Å²) in [5.74, 6) is 1.58. The van der Waals surface area contributed by atoms with Crippen molar-refractivity contribution in [2.24, 2.45) is 11.8 Å². The Hall–Kier alpha value is -2.47. The van der Waals surface area contributed by atoms with E-state index in [4.69, 9.17) is 9.47 Å². The minimum atomic E-state index is 0.0445. The third-order valence-electron chi connectivity index (χ3n) is 6.90. The van der Waals surface area contributed by atoms with Crippen LogP contribution >= 0.6 is 0 Å². The van der Waals surface area contributed by atoms with Crippen LogP contribution in [-0.2, 0) is 16.0 Å². The van der Waals surface area contributed by atoms with E-state index in [1.54, 1.807) is 25.4 Å². The van der Waals surface area contributed by atoms with Gasteiger partial charge in [-0.25, -0.2) is 0 Å². The van der Waals surface area contributed by atoms with Crippen LogP contribution in [0, 0.1) is 11.8 Å². The van der Waals surface area contributed by atoms with Crippen LogP contribution < -0.4 is 4.74 Å².